The quantitative estimate of drug-likeness (QED) is 0.153. The van der Waals surface area contributed by atoms with Gasteiger partial charge in [0.1, 0.15) is 12.4 Å². The summed E-state index contributed by atoms with van der Waals surface area (Å²) in [6, 6.07) is 31.7. The lowest BCUT2D eigenvalue weighted by Gasteiger charge is -2.26. The molecule has 0 radical (unpaired) electrons. The van der Waals surface area contributed by atoms with E-state index in [4.69, 9.17) is 14.2 Å². The molecule has 0 saturated carbocycles. The van der Waals surface area contributed by atoms with E-state index in [9.17, 15) is 4.79 Å². The van der Waals surface area contributed by atoms with Crippen molar-refractivity contribution >= 4 is 28.1 Å². The average molecular weight is 588 g/mol. The minimum atomic E-state index is -0.367. The SMILES string of the molecule is COc1cc(/C=N/NC(=O)COc2ccc(C(C)(C)c3ccccc3)cc2)cc(Br)c1OCc1ccccc1. The van der Waals surface area contributed by atoms with Gasteiger partial charge in [0.05, 0.1) is 17.8 Å². The van der Waals surface area contributed by atoms with Gasteiger partial charge < -0.3 is 14.2 Å². The van der Waals surface area contributed by atoms with E-state index >= 15 is 0 Å². The molecule has 6 nitrogen and oxygen atoms in total. The number of nitrogens with one attached hydrogen (secondary N) is 1. The highest BCUT2D eigenvalue weighted by Crippen LogP contribution is 2.37. The molecule has 7 heteroatoms. The number of hydrogen-bond acceptors (Lipinski definition) is 5. The largest absolute Gasteiger partial charge is 0.493 e. The Bertz CT molecular complexity index is 1410. The summed E-state index contributed by atoms with van der Waals surface area (Å²) in [4.78, 5) is 12.3. The predicted octanol–water partition coefficient (Wildman–Crippen LogP) is 6.89. The molecule has 0 bridgehead atoms. The van der Waals surface area contributed by atoms with E-state index in [2.05, 4.69) is 52.4 Å². The van der Waals surface area contributed by atoms with Crippen LogP contribution < -0.4 is 19.6 Å². The molecule has 0 heterocycles. The van der Waals surface area contributed by atoms with Crippen molar-refractivity contribution in [3.63, 3.8) is 0 Å². The molecular weight excluding hydrogens is 556 g/mol. The second kappa shape index (κ2) is 13.1. The molecular formula is C32H31BrN2O4. The van der Waals surface area contributed by atoms with Crippen LogP contribution in [0.1, 0.15) is 36.1 Å². The van der Waals surface area contributed by atoms with Crippen molar-refractivity contribution in [2.75, 3.05) is 13.7 Å². The number of carbonyl (C=O) groups excluding carboxylic acids is 1. The molecule has 0 aliphatic heterocycles. The van der Waals surface area contributed by atoms with Crippen LogP contribution in [0.4, 0.5) is 0 Å². The number of rotatable bonds is 11. The van der Waals surface area contributed by atoms with Gasteiger partial charge in [0.2, 0.25) is 0 Å². The molecule has 0 aromatic heterocycles. The molecule has 1 amide bonds. The average Bonchev–Trinajstić information content (AvgIpc) is 2.96. The van der Waals surface area contributed by atoms with Crippen LogP contribution in [0.15, 0.2) is 107 Å². The van der Waals surface area contributed by atoms with Crippen molar-refractivity contribution in [1.29, 1.82) is 0 Å². The molecule has 200 valence electrons. The number of methoxy groups -OCH3 is 1. The standard InChI is InChI=1S/C32H31BrN2O4/c1-32(2,25-12-8-5-9-13-25)26-14-16-27(17-15-26)38-22-30(36)35-34-20-24-18-28(33)31(29(19-24)37-3)39-21-23-10-6-4-7-11-23/h4-20H,21-22H2,1-3H3,(H,35,36)/b34-20+. The van der Waals surface area contributed by atoms with E-state index in [1.54, 1.807) is 13.2 Å². The number of hydrogen-bond donors (Lipinski definition) is 1. The molecule has 0 unspecified atom stereocenters. The summed E-state index contributed by atoms with van der Waals surface area (Å²) in [5.41, 5.74) is 6.52. The molecule has 4 aromatic rings. The summed E-state index contributed by atoms with van der Waals surface area (Å²) < 4.78 is 17.8. The highest BCUT2D eigenvalue weighted by molar-refractivity contribution is 9.10. The van der Waals surface area contributed by atoms with Crippen LogP contribution in [-0.4, -0.2) is 25.8 Å². The Kier molecular flexibility index (Phi) is 9.39. The number of carbonyl (C=O) groups is 1. The molecule has 0 atom stereocenters. The van der Waals surface area contributed by atoms with Gasteiger partial charge >= 0.3 is 0 Å². The van der Waals surface area contributed by atoms with Crippen LogP contribution in [0.3, 0.4) is 0 Å². The van der Waals surface area contributed by atoms with Crippen LogP contribution in [0, 0.1) is 0 Å². The number of benzene rings is 4. The zero-order valence-electron chi connectivity index (χ0n) is 22.2. The third-order valence-corrected chi connectivity index (χ3v) is 6.91. The third-order valence-electron chi connectivity index (χ3n) is 6.32. The second-order valence-corrected chi connectivity index (χ2v) is 10.3. The molecule has 0 aliphatic carbocycles. The zero-order chi connectivity index (χ0) is 27.7. The number of nitrogens with zero attached hydrogens (tertiary/aromatic N) is 1. The fourth-order valence-electron chi connectivity index (χ4n) is 4.03. The van der Waals surface area contributed by atoms with Crippen molar-refractivity contribution in [3.8, 4) is 17.2 Å². The van der Waals surface area contributed by atoms with Crippen LogP contribution in [-0.2, 0) is 16.8 Å². The van der Waals surface area contributed by atoms with E-state index in [0.29, 0.717) is 28.3 Å². The topological polar surface area (TPSA) is 69.2 Å². The van der Waals surface area contributed by atoms with E-state index in [1.807, 2.05) is 78.9 Å². The van der Waals surface area contributed by atoms with Crippen molar-refractivity contribution in [2.24, 2.45) is 5.10 Å². The summed E-state index contributed by atoms with van der Waals surface area (Å²) in [6.07, 6.45) is 1.53. The van der Waals surface area contributed by atoms with E-state index in [0.717, 1.165) is 16.7 Å². The minimum Gasteiger partial charge on any atom is -0.493 e. The van der Waals surface area contributed by atoms with E-state index in [-0.39, 0.29) is 17.9 Å². The smallest absolute Gasteiger partial charge is 0.277 e. The van der Waals surface area contributed by atoms with Gasteiger partial charge in [0.15, 0.2) is 18.1 Å². The normalized spacial score (nSPS) is 11.3. The maximum atomic E-state index is 12.3. The zero-order valence-corrected chi connectivity index (χ0v) is 23.8. The fraction of sp³-hybridized carbons (Fsp3) is 0.188. The molecule has 0 aliphatic rings. The first-order valence-electron chi connectivity index (χ1n) is 12.5. The number of ether oxygens (including phenoxy) is 3. The Hall–Kier alpha value is -4.10. The van der Waals surface area contributed by atoms with Gasteiger partial charge in [0, 0.05) is 5.41 Å². The van der Waals surface area contributed by atoms with Gasteiger partial charge in [-0.15, -0.1) is 0 Å². The molecule has 39 heavy (non-hydrogen) atoms. The molecule has 0 spiro atoms. The minimum absolute atomic E-state index is 0.143. The van der Waals surface area contributed by atoms with Gasteiger partial charge in [0.25, 0.3) is 5.91 Å². The highest BCUT2D eigenvalue weighted by Gasteiger charge is 2.22. The van der Waals surface area contributed by atoms with Crippen LogP contribution >= 0.6 is 15.9 Å². The van der Waals surface area contributed by atoms with Crippen molar-refractivity contribution in [2.45, 2.75) is 25.9 Å². The second-order valence-electron chi connectivity index (χ2n) is 9.41. The first-order chi connectivity index (χ1) is 18.9. The van der Waals surface area contributed by atoms with Crippen molar-refractivity contribution < 1.29 is 19.0 Å². The van der Waals surface area contributed by atoms with E-state index < -0.39 is 0 Å². The third kappa shape index (κ3) is 7.48. The van der Waals surface area contributed by atoms with Crippen LogP contribution in [0.2, 0.25) is 0 Å². The number of halogens is 1. The number of hydrazone groups is 1. The predicted molar refractivity (Wildman–Crippen MR) is 158 cm³/mol. The molecule has 4 rings (SSSR count). The van der Waals surface area contributed by atoms with E-state index in [1.165, 1.54) is 11.8 Å². The summed E-state index contributed by atoms with van der Waals surface area (Å²) in [6.45, 7) is 4.62. The monoisotopic (exact) mass is 586 g/mol. The van der Waals surface area contributed by atoms with Crippen molar-refractivity contribution in [1.82, 2.24) is 5.43 Å². The summed E-state index contributed by atoms with van der Waals surface area (Å²) in [7, 11) is 1.58. The first kappa shape index (κ1) is 27.9. The van der Waals surface area contributed by atoms with Gasteiger partial charge in [-0.1, -0.05) is 86.6 Å². The first-order valence-corrected chi connectivity index (χ1v) is 13.3. The Labute approximate surface area is 237 Å². The van der Waals surface area contributed by atoms with Gasteiger partial charge in [-0.3, -0.25) is 4.79 Å². The molecule has 0 fully saturated rings. The Morgan fingerprint density at radius 3 is 2.21 bits per heavy atom. The van der Waals surface area contributed by atoms with Gasteiger partial charge in [-0.25, -0.2) is 5.43 Å². The fourth-order valence-corrected chi connectivity index (χ4v) is 4.61. The molecule has 4 aromatic carbocycles. The lowest BCUT2D eigenvalue weighted by atomic mass is 9.78. The highest BCUT2D eigenvalue weighted by atomic mass is 79.9. The van der Waals surface area contributed by atoms with Gasteiger partial charge in [-0.05, 0) is 62.4 Å². The Morgan fingerprint density at radius 1 is 0.897 bits per heavy atom. The summed E-state index contributed by atoms with van der Waals surface area (Å²) in [5.74, 6) is 1.39. The lowest BCUT2D eigenvalue weighted by Crippen LogP contribution is -2.24. The summed E-state index contributed by atoms with van der Waals surface area (Å²) in [5, 5.41) is 4.05. The number of amides is 1. The van der Waals surface area contributed by atoms with Crippen LogP contribution in [0.25, 0.3) is 0 Å². The maximum absolute atomic E-state index is 12.3. The van der Waals surface area contributed by atoms with Crippen LogP contribution in [0.5, 0.6) is 17.2 Å². The summed E-state index contributed by atoms with van der Waals surface area (Å²) >= 11 is 3.54. The van der Waals surface area contributed by atoms with Gasteiger partial charge in [-0.2, -0.15) is 5.10 Å². The Morgan fingerprint density at radius 2 is 1.54 bits per heavy atom. The maximum Gasteiger partial charge on any atom is 0.277 e. The Balaban J connectivity index is 1.29. The lowest BCUT2D eigenvalue weighted by molar-refractivity contribution is -0.123. The molecule has 1 N–H and O–H groups in total. The molecule has 0 saturated heterocycles. The van der Waals surface area contributed by atoms with Crippen molar-refractivity contribution in [3.05, 3.63) is 124 Å².